The molecule has 4 aromatic rings. The Morgan fingerprint density at radius 2 is 0.667 bits per heavy atom. The van der Waals surface area contributed by atoms with E-state index in [4.69, 9.17) is 0 Å². The van der Waals surface area contributed by atoms with E-state index in [0.717, 1.165) is 0 Å². The fourth-order valence-corrected chi connectivity index (χ4v) is 5.01. The lowest BCUT2D eigenvalue weighted by atomic mass is 9.70. The molecule has 0 atom stereocenters. The van der Waals surface area contributed by atoms with Crippen LogP contribution in [0.2, 0.25) is 0 Å². The molecule has 8 heteroatoms. The molecule has 0 amide bonds. The third-order valence-electron chi connectivity index (χ3n) is 6.75. The fourth-order valence-electron chi connectivity index (χ4n) is 5.01. The van der Waals surface area contributed by atoms with Crippen molar-refractivity contribution in [3.05, 3.63) is 140 Å². The monoisotopic (exact) mass is 534 g/mol. The molecule has 0 heterocycles. The minimum Gasteiger partial charge on any atom is -0.192 e. The maximum absolute atomic E-state index is 10.1. The first-order chi connectivity index (χ1) is 20.4. The Bertz CT molecular complexity index is 1890. The van der Waals surface area contributed by atoms with E-state index in [9.17, 15) is 42.1 Å². The van der Waals surface area contributed by atoms with Gasteiger partial charge in [-0.15, -0.1) is 0 Å². The molecule has 42 heavy (non-hydrogen) atoms. The highest BCUT2D eigenvalue weighted by Gasteiger charge is 2.33. The van der Waals surface area contributed by atoms with Crippen LogP contribution in [0.25, 0.3) is 0 Å². The number of hydrogen-bond acceptors (Lipinski definition) is 8. The summed E-state index contributed by atoms with van der Waals surface area (Å²) in [7, 11) is 0. The Morgan fingerprint density at radius 3 is 0.952 bits per heavy atom. The first kappa shape index (κ1) is 27.8. The van der Waals surface area contributed by atoms with Crippen LogP contribution in [0.1, 0.15) is 78.6 Å². The highest BCUT2D eigenvalue weighted by Crippen LogP contribution is 2.46. The molecule has 0 spiro atoms. The first-order valence-electron chi connectivity index (χ1n) is 12.2. The van der Waals surface area contributed by atoms with Crippen molar-refractivity contribution in [2.75, 3.05) is 0 Å². The van der Waals surface area contributed by atoms with Gasteiger partial charge in [0.15, 0.2) is 0 Å². The second kappa shape index (κ2) is 12.1. The lowest BCUT2D eigenvalue weighted by molar-refractivity contribution is 0.689. The number of hydrogen-bond donors (Lipinski definition) is 0. The maximum atomic E-state index is 10.1. The van der Waals surface area contributed by atoms with Crippen LogP contribution in [0.4, 0.5) is 0 Å². The summed E-state index contributed by atoms with van der Waals surface area (Å²) in [5.41, 5.74) is 3.04. The average molecular weight is 535 g/mol. The van der Waals surface area contributed by atoms with Crippen LogP contribution < -0.4 is 0 Å². The summed E-state index contributed by atoms with van der Waals surface area (Å²) in [6.45, 7) is 0. The predicted octanol–water partition coefficient (Wildman–Crippen LogP) is 5.62. The molecule has 0 unspecified atom stereocenters. The molecule has 190 valence electrons. The summed E-state index contributed by atoms with van der Waals surface area (Å²) >= 11 is 0. The summed E-state index contributed by atoms with van der Waals surface area (Å²) in [4.78, 5) is 0. The van der Waals surface area contributed by atoms with Crippen LogP contribution in [-0.4, -0.2) is 0 Å². The summed E-state index contributed by atoms with van der Waals surface area (Å²) in [6, 6.07) is 34.7. The molecule has 0 saturated heterocycles. The quantitative estimate of drug-likeness (QED) is 0.315. The van der Waals surface area contributed by atoms with Crippen LogP contribution in [-0.2, 0) is 0 Å². The summed E-state index contributed by atoms with van der Waals surface area (Å²) in [5.74, 6) is -1.84. The van der Waals surface area contributed by atoms with Crippen molar-refractivity contribution in [2.24, 2.45) is 0 Å². The molecule has 0 bridgehead atoms. The minimum absolute atomic E-state index is 0.169. The lowest BCUT2D eigenvalue weighted by Crippen LogP contribution is -2.18. The van der Waals surface area contributed by atoms with Gasteiger partial charge in [0.2, 0.25) is 0 Å². The highest BCUT2D eigenvalue weighted by atomic mass is 14.4. The molecule has 0 aliphatic rings. The SMILES string of the molecule is N#Cc1cc(C#N)cc(C(c2cc(C#N)cc(C#N)c2)C(c2cc(C#N)ccc2C#N)c2cc(C#N)ccc2C#N)c1. The van der Waals surface area contributed by atoms with Crippen molar-refractivity contribution in [3.63, 3.8) is 0 Å². The minimum atomic E-state index is -0.947. The van der Waals surface area contributed by atoms with Gasteiger partial charge >= 0.3 is 0 Å². The Balaban J connectivity index is 2.27. The van der Waals surface area contributed by atoms with Crippen molar-refractivity contribution in [2.45, 2.75) is 11.8 Å². The summed E-state index contributed by atoms with van der Waals surface area (Å²) in [6.07, 6.45) is 0. The van der Waals surface area contributed by atoms with Gasteiger partial charge in [0.25, 0.3) is 0 Å². The third kappa shape index (κ3) is 5.34. The van der Waals surface area contributed by atoms with E-state index >= 15 is 0 Å². The van der Waals surface area contributed by atoms with E-state index < -0.39 is 11.8 Å². The number of nitriles is 8. The average Bonchev–Trinajstić information content (AvgIpc) is 3.05. The van der Waals surface area contributed by atoms with Gasteiger partial charge < -0.3 is 0 Å². The van der Waals surface area contributed by atoms with Gasteiger partial charge in [-0.3, -0.25) is 0 Å². The van der Waals surface area contributed by atoms with Gasteiger partial charge in [0, 0.05) is 11.8 Å². The molecular weight excluding hydrogens is 520 g/mol. The van der Waals surface area contributed by atoms with E-state index in [1.165, 1.54) is 48.5 Å². The molecule has 8 nitrogen and oxygen atoms in total. The standard InChI is InChI=1S/C34H14N8/c35-13-21-1-3-27(19-41)31(11-21)34(32-12-22(14-36)2-4-28(32)20-42)33(29-7-23(15-37)5-24(8-29)16-38)30-9-25(17-39)6-26(10-30)18-40/h1-12,33-34H. The van der Waals surface area contributed by atoms with Crippen LogP contribution >= 0.6 is 0 Å². The van der Waals surface area contributed by atoms with Gasteiger partial charge in [0.05, 0.1) is 93.1 Å². The molecule has 0 fully saturated rings. The fraction of sp³-hybridized carbons (Fsp3) is 0.0588. The largest absolute Gasteiger partial charge is 0.192 e. The Labute approximate surface area is 241 Å². The third-order valence-corrected chi connectivity index (χ3v) is 6.75. The van der Waals surface area contributed by atoms with Crippen LogP contribution in [0, 0.1) is 90.6 Å². The first-order valence-corrected chi connectivity index (χ1v) is 12.2. The summed E-state index contributed by atoms with van der Waals surface area (Å²) in [5, 5.41) is 78.8. The maximum Gasteiger partial charge on any atom is 0.0994 e. The van der Waals surface area contributed by atoms with E-state index in [2.05, 4.69) is 24.3 Å². The van der Waals surface area contributed by atoms with Crippen LogP contribution in [0.15, 0.2) is 72.8 Å². The molecular formula is C34H14N8. The van der Waals surface area contributed by atoms with Crippen molar-refractivity contribution in [1.29, 1.82) is 42.1 Å². The molecule has 0 saturated carbocycles. The Hall–Kier alpha value is -7.20. The molecule has 4 aromatic carbocycles. The highest BCUT2D eigenvalue weighted by molar-refractivity contribution is 5.59. The van der Waals surface area contributed by atoms with E-state index in [1.54, 1.807) is 24.3 Å². The van der Waals surface area contributed by atoms with E-state index in [0.29, 0.717) is 22.3 Å². The Kier molecular flexibility index (Phi) is 8.02. The van der Waals surface area contributed by atoms with Crippen molar-refractivity contribution < 1.29 is 0 Å². The second-order valence-corrected chi connectivity index (χ2v) is 9.14. The van der Waals surface area contributed by atoms with Gasteiger partial charge in [0.1, 0.15) is 0 Å². The smallest absolute Gasteiger partial charge is 0.0994 e. The normalized spacial score (nSPS) is 9.67. The summed E-state index contributed by atoms with van der Waals surface area (Å²) < 4.78 is 0. The van der Waals surface area contributed by atoms with E-state index in [1.807, 2.05) is 24.3 Å². The van der Waals surface area contributed by atoms with Gasteiger partial charge in [-0.1, -0.05) is 0 Å². The number of benzene rings is 4. The second-order valence-electron chi connectivity index (χ2n) is 9.14. The number of rotatable bonds is 5. The van der Waals surface area contributed by atoms with Crippen LogP contribution in [0.3, 0.4) is 0 Å². The zero-order valence-electron chi connectivity index (χ0n) is 21.7. The van der Waals surface area contributed by atoms with Crippen LogP contribution in [0.5, 0.6) is 0 Å². The van der Waals surface area contributed by atoms with E-state index in [-0.39, 0.29) is 44.5 Å². The number of nitrogens with zero attached hydrogens (tertiary/aromatic N) is 8. The molecule has 0 radical (unpaired) electrons. The molecule has 0 aromatic heterocycles. The molecule has 0 aliphatic carbocycles. The van der Waals surface area contributed by atoms with Gasteiger partial charge in [-0.05, 0) is 95.1 Å². The molecule has 0 aliphatic heterocycles. The van der Waals surface area contributed by atoms with Gasteiger partial charge in [-0.25, -0.2) is 0 Å². The topological polar surface area (TPSA) is 190 Å². The molecule has 4 rings (SSSR count). The van der Waals surface area contributed by atoms with Crippen molar-refractivity contribution >= 4 is 0 Å². The lowest BCUT2D eigenvalue weighted by Gasteiger charge is -2.31. The van der Waals surface area contributed by atoms with Crippen molar-refractivity contribution in [1.82, 2.24) is 0 Å². The molecule has 0 N–H and O–H groups in total. The predicted molar refractivity (Wildman–Crippen MR) is 147 cm³/mol. The zero-order valence-corrected chi connectivity index (χ0v) is 21.7. The van der Waals surface area contributed by atoms with Gasteiger partial charge in [-0.2, -0.15) is 42.1 Å². The Morgan fingerprint density at radius 1 is 0.333 bits per heavy atom. The zero-order chi connectivity index (χ0) is 30.2. The van der Waals surface area contributed by atoms with Crippen molar-refractivity contribution in [3.8, 4) is 48.6 Å².